The Labute approximate surface area is 126 Å². The minimum absolute atomic E-state index is 0.390. The lowest BCUT2D eigenvalue weighted by atomic mass is 9.87. The van der Waals surface area contributed by atoms with E-state index >= 15 is 0 Å². The molecular weight excluding hydrogens is 268 g/mol. The van der Waals surface area contributed by atoms with Crippen molar-refractivity contribution in [3.05, 3.63) is 35.4 Å². The smallest absolute Gasteiger partial charge is 0.326 e. The van der Waals surface area contributed by atoms with Crippen LogP contribution in [0.5, 0.6) is 0 Å². The topological polar surface area (TPSA) is 69.6 Å². The summed E-state index contributed by atoms with van der Waals surface area (Å²) in [5.41, 5.74) is 1.58. The van der Waals surface area contributed by atoms with E-state index in [4.69, 9.17) is 0 Å². The maximum atomic E-state index is 12.1. The van der Waals surface area contributed by atoms with Crippen molar-refractivity contribution in [1.82, 2.24) is 10.2 Å². The van der Waals surface area contributed by atoms with E-state index in [0.29, 0.717) is 6.54 Å². The van der Waals surface area contributed by atoms with Crippen LogP contribution in [0.4, 0.5) is 4.79 Å². The Morgan fingerprint density at radius 1 is 1.33 bits per heavy atom. The van der Waals surface area contributed by atoms with Crippen molar-refractivity contribution < 1.29 is 14.7 Å². The molecular formula is C16H24N2O3. The molecule has 0 spiro atoms. The van der Waals surface area contributed by atoms with Gasteiger partial charge in [0.15, 0.2) is 0 Å². The normalized spacial score (nSPS) is 12.6. The molecule has 0 saturated carbocycles. The van der Waals surface area contributed by atoms with Crippen molar-refractivity contribution in [2.45, 2.75) is 40.3 Å². The van der Waals surface area contributed by atoms with Crippen molar-refractivity contribution in [3.63, 3.8) is 0 Å². The predicted octanol–water partition coefficient (Wildman–Crippen LogP) is 2.64. The zero-order valence-electron chi connectivity index (χ0n) is 13.3. The molecule has 0 aliphatic rings. The number of aryl methyl sites for hydroxylation is 1. The minimum Gasteiger partial charge on any atom is -0.480 e. The van der Waals surface area contributed by atoms with Crippen LogP contribution in [-0.4, -0.2) is 35.1 Å². The van der Waals surface area contributed by atoms with Crippen LogP contribution in [0, 0.1) is 12.3 Å². The molecule has 0 aliphatic carbocycles. The Morgan fingerprint density at radius 2 is 1.95 bits per heavy atom. The number of hydrogen-bond donors (Lipinski definition) is 2. The third-order valence-corrected chi connectivity index (χ3v) is 3.23. The van der Waals surface area contributed by atoms with E-state index in [1.165, 1.54) is 4.90 Å². The van der Waals surface area contributed by atoms with Crippen LogP contribution in [0.3, 0.4) is 0 Å². The molecule has 1 atom stereocenters. The van der Waals surface area contributed by atoms with Gasteiger partial charge in [-0.25, -0.2) is 9.59 Å². The molecule has 0 aromatic heterocycles. The van der Waals surface area contributed by atoms with Gasteiger partial charge < -0.3 is 15.3 Å². The van der Waals surface area contributed by atoms with Crippen molar-refractivity contribution >= 4 is 12.0 Å². The number of carbonyl (C=O) groups excluding carboxylic acids is 1. The summed E-state index contributed by atoms with van der Waals surface area (Å²) in [5.74, 6) is -1.03. The Kier molecular flexibility index (Phi) is 5.35. The molecule has 0 saturated heterocycles. The summed E-state index contributed by atoms with van der Waals surface area (Å²) >= 11 is 0. The van der Waals surface area contributed by atoms with Gasteiger partial charge >= 0.3 is 12.0 Å². The number of amides is 2. The van der Waals surface area contributed by atoms with E-state index < -0.39 is 17.4 Å². The second kappa shape index (κ2) is 6.61. The molecule has 0 aliphatic heterocycles. The maximum absolute atomic E-state index is 12.1. The second-order valence-electron chi connectivity index (χ2n) is 6.43. The third-order valence-electron chi connectivity index (χ3n) is 3.23. The summed E-state index contributed by atoms with van der Waals surface area (Å²) in [4.78, 5) is 24.9. The van der Waals surface area contributed by atoms with Crippen molar-refractivity contribution in [1.29, 1.82) is 0 Å². The highest BCUT2D eigenvalue weighted by Gasteiger charge is 2.33. The first kappa shape index (κ1) is 17.0. The zero-order chi connectivity index (χ0) is 16.2. The van der Waals surface area contributed by atoms with Crippen molar-refractivity contribution in [3.8, 4) is 0 Å². The van der Waals surface area contributed by atoms with Crippen molar-refractivity contribution in [2.75, 3.05) is 7.05 Å². The fourth-order valence-corrected chi connectivity index (χ4v) is 2.04. The molecule has 0 fully saturated rings. The first-order valence-corrected chi connectivity index (χ1v) is 6.91. The standard InChI is InChI=1S/C16H24N2O3/c1-11-7-6-8-12(9-11)10-18(5)15(21)17-13(14(19)20)16(2,3)4/h6-9,13H,10H2,1-5H3,(H,17,21)(H,19,20). The number of carbonyl (C=O) groups is 2. The minimum atomic E-state index is -1.03. The number of nitrogens with zero attached hydrogens (tertiary/aromatic N) is 1. The van der Waals surface area contributed by atoms with Gasteiger partial charge in [0.2, 0.25) is 0 Å². The zero-order valence-corrected chi connectivity index (χ0v) is 13.3. The number of urea groups is 1. The molecule has 1 aromatic rings. The average molecular weight is 292 g/mol. The number of aliphatic carboxylic acids is 1. The molecule has 2 N–H and O–H groups in total. The Hall–Kier alpha value is -2.04. The highest BCUT2D eigenvalue weighted by molar-refractivity contribution is 5.83. The summed E-state index contributed by atoms with van der Waals surface area (Å²) in [6.45, 7) is 7.78. The van der Waals surface area contributed by atoms with Crippen LogP contribution in [0.2, 0.25) is 0 Å². The van der Waals surface area contributed by atoms with Gasteiger partial charge in [0.25, 0.3) is 0 Å². The fourth-order valence-electron chi connectivity index (χ4n) is 2.04. The Balaban J connectivity index is 2.72. The number of rotatable bonds is 4. The maximum Gasteiger partial charge on any atom is 0.326 e. The summed E-state index contributed by atoms with van der Waals surface area (Å²) in [6.07, 6.45) is 0. The molecule has 0 bridgehead atoms. The van der Waals surface area contributed by atoms with Crippen LogP contribution in [0.15, 0.2) is 24.3 Å². The van der Waals surface area contributed by atoms with Gasteiger partial charge in [-0.3, -0.25) is 0 Å². The largest absolute Gasteiger partial charge is 0.480 e. The summed E-state index contributed by atoms with van der Waals surface area (Å²) in [5, 5.41) is 11.8. The predicted molar refractivity (Wildman–Crippen MR) is 82.1 cm³/mol. The van der Waals surface area contributed by atoms with Crippen LogP contribution in [0.1, 0.15) is 31.9 Å². The molecule has 0 heterocycles. The highest BCUT2D eigenvalue weighted by Crippen LogP contribution is 2.19. The molecule has 5 nitrogen and oxygen atoms in total. The lowest BCUT2D eigenvalue weighted by molar-refractivity contribution is -0.142. The van der Waals surface area contributed by atoms with E-state index in [1.807, 2.05) is 31.2 Å². The van der Waals surface area contributed by atoms with Crippen LogP contribution >= 0.6 is 0 Å². The fraction of sp³-hybridized carbons (Fsp3) is 0.500. The summed E-state index contributed by atoms with van der Waals surface area (Å²) in [6, 6.07) is 6.55. The van der Waals surface area contributed by atoms with Gasteiger partial charge in [-0.1, -0.05) is 50.6 Å². The lowest BCUT2D eigenvalue weighted by Crippen LogP contribution is -2.52. The molecule has 1 unspecified atom stereocenters. The SMILES string of the molecule is Cc1cccc(CN(C)C(=O)NC(C(=O)O)C(C)(C)C)c1. The van der Waals surface area contributed by atoms with E-state index in [1.54, 1.807) is 27.8 Å². The third kappa shape index (κ3) is 5.10. The summed E-state index contributed by atoms with van der Waals surface area (Å²) in [7, 11) is 1.65. The van der Waals surface area contributed by atoms with Gasteiger partial charge in [0.05, 0.1) is 0 Å². The molecule has 5 heteroatoms. The highest BCUT2D eigenvalue weighted by atomic mass is 16.4. The first-order valence-electron chi connectivity index (χ1n) is 6.91. The molecule has 1 rings (SSSR count). The van der Waals surface area contributed by atoms with Gasteiger partial charge in [0.1, 0.15) is 6.04 Å². The van der Waals surface area contributed by atoms with E-state index in [0.717, 1.165) is 11.1 Å². The molecule has 0 radical (unpaired) electrons. The van der Waals surface area contributed by atoms with E-state index in [-0.39, 0.29) is 6.03 Å². The number of nitrogens with one attached hydrogen (secondary N) is 1. The Morgan fingerprint density at radius 3 is 2.43 bits per heavy atom. The quantitative estimate of drug-likeness (QED) is 0.896. The monoisotopic (exact) mass is 292 g/mol. The van der Waals surface area contributed by atoms with Gasteiger partial charge in [-0.15, -0.1) is 0 Å². The lowest BCUT2D eigenvalue weighted by Gasteiger charge is -2.29. The summed E-state index contributed by atoms with van der Waals surface area (Å²) < 4.78 is 0. The molecule has 116 valence electrons. The van der Waals surface area contributed by atoms with Crippen molar-refractivity contribution in [2.24, 2.45) is 5.41 Å². The van der Waals surface area contributed by atoms with Gasteiger partial charge in [-0.05, 0) is 17.9 Å². The average Bonchev–Trinajstić information content (AvgIpc) is 2.33. The second-order valence-corrected chi connectivity index (χ2v) is 6.43. The van der Waals surface area contributed by atoms with E-state index in [2.05, 4.69) is 5.32 Å². The number of benzene rings is 1. The number of carboxylic acid groups (broad SMARTS) is 1. The molecule has 21 heavy (non-hydrogen) atoms. The molecule has 1 aromatic carbocycles. The van der Waals surface area contributed by atoms with Gasteiger partial charge in [0, 0.05) is 13.6 Å². The Bertz CT molecular complexity index is 520. The van der Waals surface area contributed by atoms with Crippen LogP contribution < -0.4 is 5.32 Å². The number of hydrogen-bond acceptors (Lipinski definition) is 2. The van der Waals surface area contributed by atoms with Crippen LogP contribution in [0.25, 0.3) is 0 Å². The first-order chi connectivity index (χ1) is 9.61. The van der Waals surface area contributed by atoms with Crippen LogP contribution in [-0.2, 0) is 11.3 Å². The molecule has 2 amide bonds. The van der Waals surface area contributed by atoms with Gasteiger partial charge in [-0.2, -0.15) is 0 Å². The van der Waals surface area contributed by atoms with E-state index in [9.17, 15) is 14.7 Å². The number of carboxylic acids is 1.